The number of Topliss-reactive ketones (excluding diaryl/α,β-unsaturated/α-hetero) is 1. The molecule has 0 spiro atoms. The molecule has 6 nitrogen and oxygen atoms in total. The second kappa shape index (κ2) is 9.43. The van der Waals surface area contributed by atoms with Crippen molar-refractivity contribution >= 4 is 23.1 Å². The molecule has 1 unspecified atom stereocenters. The van der Waals surface area contributed by atoms with Crippen molar-refractivity contribution in [2.24, 2.45) is 0 Å². The molecule has 1 amide bonds. The number of ketones is 1. The Balaban J connectivity index is 1.92. The minimum Gasteiger partial charge on any atom is -0.507 e. The van der Waals surface area contributed by atoms with Crippen LogP contribution in [0.15, 0.2) is 78.4 Å². The Bertz CT molecular complexity index is 1280. The van der Waals surface area contributed by atoms with E-state index < -0.39 is 17.7 Å². The lowest BCUT2D eigenvalue weighted by molar-refractivity contribution is -0.132. The molecule has 1 saturated heterocycles. The smallest absolute Gasteiger partial charge is 0.300 e. The van der Waals surface area contributed by atoms with Gasteiger partial charge in [-0.25, -0.2) is 0 Å². The monoisotopic (exact) mass is 457 g/mol. The van der Waals surface area contributed by atoms with Gasteiger partial charge in [-0.3, -0.25) is 14.5 Å². The number of carbonyl (C=O) groups is 2. The summed E-state index contributed by atoms with van der Waals surface area (Å²) in [5.74, 6) is -0.587. The highest BCUT2D eigenvalue weighted by atomic mass is 16.5. The predicted octanol–water partition coefficient (Wildman–Crippen LogP) is 5.42. The van der Waals surface area contributed by atoms with Crippen LogP contribution in [0.2, 0.25) is 0 Å². The van der Waals surface area contributed by atoms with Gasteiger partial charge >= 0.3 is 0 Å². The molecule has 0 radical (unpaired) electrons. The summed E-state index contributed by atoms with van der Waals surface area (Å²) in [6.45, 7) is 5.75. The Hall–Kier alpha value is -4.06. The van der Waals surface area contributed by atoms with Crippen LogP contribution >= 0.6 is 0 Å². The molecule has 0 saturated carbocycles. The van der Waals surface area contributed by atoms with Gasteiger partial charge in [-0.05, 0) is 50.6 Å². The molecule has 3 aromatic rings. The van der Waals surface area contributed by atoms with Crippen LogP contribution in [-0.2, 0) is 9.59 Å². The molecule has 1 N–H and O–H groups in total. The highest BCUT2D eigenvalue weighted by Crippen LogP contribution is 2.43. The fraction of sp³-hybridized carbons (Fsp3) is 0.214. The summed E-state index contributed by atoms with van der Waals surface area (Å²) in [5, 5.41) is 11.3. The van der Waals surface area contributed by atoms with Crippen molar-refractivity contribution in [1.29, 1.82) is 0 Å². The van der Waals surface area contributed by atoms with E-state index in [1.54, 1.807) is 48.5 Å². The van der Waals surface area contributed by atoms with Crippen LogP contribution in [0.3, 0.4) is 0 Å². The number of hydrogen-bond donors (Lipinski definition) is 1. The lowest BCUT2D eigenvalue weighted by Crippen LogP contribution is -2.29. The topological polar surface area (TPSA) is 76.1 Å². The number of rotatable bonds is 6. The molecular weight excluding hydrogens is 430 g/mol. The van der Waals surface area contributed by atoms with Gasteiger partial charge in [-0.2, -0.15) is 0 Å². The number of aliphatic hydroxyl groups excluding tert-OH is 1. The standard InChI is InChI=1S/C28H27NO5/c1-17(2)34-23-13-6-10-20(15-23)26(30)24-25(19-9-5-8-18(3)14-19)29(28(32)27(24)31)21-11-7-12-22(16-21)33-4/h5-17,25,30H,1-4H3/b26-24+. The maximum absolute atomic E-state index is 13.3. The van der Waals surface area contributed by atoms with E-state index in [0.29, 0.717) is 22.7 Å². The molecule has 1 aliphatic rings. The van der Waals surface area contributed by atoms with Gasteiger partial charge in [0.1, 0.15) is 17.3 Å². The van der Waals surface area contributed by atoms with Crippen LogP contribution in [0.5, 0.6) is 11.5 Å². The van der Waals surface area contributed by atoms with Crippen LogP contribution in [0.1, 0.15) is 36.6 Å². The van der Waals surface area contributed by atoms with Crippen LogP contribution in [0.4, 0.5) is 5.69 Å². The number of aryl methyl sites for hydroxylation is 1. The number of aliphatic hydroxyl groups is 1. The first kappa shape index (κ1) is 23.1. The summed E-state index contributed by atoms with van der Waals surface area (Å²) in [6.07, 6.45) is -0.0525. The van der Waals surface area contributed by atoms with Crippen LogP contribution < -0.4 is 14.4 Å². The van der Waals surface area contributed by atoms with Crippen molar-refractivity contribution in [2.45, 2.75) is 32.9 Å². The van der Waals surface area contributed by atoms with Crippen molar-refractivity contribution in [1.82, 2.24) is 0 Å². The van der Waals surface area contributed by atoms with Gasteiger partial charge in [0, 0.05) is 17.3 Å². The van der Waals surface area contributed by atoms with Gasteiger partial charge in [-0.1, -0.05) is 48.0 Å². The molecule has 1 heterocycles. The number of methoxy groups -OCH3 is 1. The number of nitrogens with zero attached hydrogens (tertiary/aromatic N) is 1. The first-order valence-corrected chi connectivity index (χ1v) is 11.1. The number of carbonyl (C=O) groups excluding carboxylic acids is 2. The van der Waals surface area contributed by atoms with E-state index in [1.165, 1.54) is 12.0 Å². The Morgan fingerprint density at radius 3 is 2.35 bits per heavy atom. The Morgan fingerprint density at radius 2 is 1.65 bits per heavy atom. The summed E-state index contributed by atoms with van der Waals surface area (Å²) in [5.41, 5.74) is 2.63. The third kappa shape index (κ3) is 4.39. The quantitative estimate of drug-likeness (QED) is 0.304. The highest BCUT2D eigenvalue weighted by Gasteiger charge is 2.47. The average Bonchev–Trinajstić information content (AvgIpc) is 3.09. The molecule has 1 fully saturated rings. The molecule has 3 aromatic carbocycles. The van der Waals surface area contributed by atoms with Gasteiger partial charge in [0.15, 0.2) is 0 Å². The summed E-state index contributed by atoms with van der Waals surface area (Å²) in [7, 11) is 1.54. The van der Waals surface area contributed by atoms with Gasteiger partial charge in [0.2, 0.25) is 0 Å². The second-order valence-corrected chi connectivity index (χ2v) is 8.48. The highest BCUT2D eigenvalue weighted by molar-refractivity contribution is 6.51. The van der Waals surface area contributed by atoms with Gasteiger partial charge in [0.05, 0.1) is 24.8 Å². The van der Waals surface area contributed by atoms with Gasteiger partial charge < -0.3 is 14.6 Å². The largest absolute Gasteiger partial charge is 0.507 e. The molecule has 34 heavy (non-hydrogen) atoms. The summed E-state index contributed by atoms with van der Waals surface area (Å²) in [6, 6.07) is 20.6. The van der Waals surface area contributed by atoms with Crippen LogP contribution in [0.25, 0.3) is 5.76 Å². The van der Waals surface area contributed by atoms with E-state index >= 15 is 0 Å². The van der Waals surface area contributed by atoms with E-state index in [1.807, 2.05) is 45.0 Å². The molecule has 1 atom stereocenters. The molecular formula is C28H27NO5. The first-order valence-electron chi connectivity index (χ1n) is 11.1. The predicted molar refractivity (Wildman–Crippen MR) is 131 cm³/mol. The molecule has 0 aromatic heterocycles. The Labute approximate surface area is 199 Å². The zero-order valence-corrected chi connectivity index (χ0v) is 19.6. The maximum Gasteiger partial charge on any atom is 0.300 e. The van der Waals surface area contributed by atoms with Gasteiger partial charge in [0.25, 0.3) is 11.7 Å². The number of hydrogen-bond acceptors (Lipinski definition) is 5. The molecule has 0 aliphatic carbocycles. The van der Waals surface area contributed by atoms with E-state index in [9.17, 15) is 14.7 Å². The van der Waals surface area contributed by atoms with Crippen molar-refractivity contribution in [3.05, 3.63) is 95.1 Å². The van der Waals surface area contributed by atoms with Crippen molar-refractivity contribution in [3.63, 3.8) is 0 Å². The van der Waals surface area contributed by atoms with E-state index in [-0.39, 0.29) is 17.4 Å². The lowest BCUT2D eigenvalue weighted by atomic mass is 9.94. The number of anilines is 1. The van der Waals surface area contributed by atoms with Gasteiger partial charge in [-0.15, -0.1) is 0 Å². The summed E-state index contributed by atoms with van der Waals surface area (Å²) < 4.78 is 11.1. The van der Waals surface area contributed by atoms with E-state index in [2.05, 4.69) is 0 Å². The Morgan fingerprint density at radius 1 is 0.941 bits per heavy atom. The number of ether oxygens (including phenoxy) is 2. The minimum atomic E-state index is -0.804. The number of amides is 1. The zero-order valence-electron chi connectivity index (χ0n) is 19.6. The van der Waals surface area contributed by atoms with Crippen molar-refractivity contribution < 1.29 is 24.2 Å². The maximum atomic E-state index is 13.3. The average molecular weight is 458 g/mol. The van der Waals surface area contributed by atoms with Crippen molar-refractivity contribution in [2.75, 3.05) is 12.0 Å². The van der Waals surface area contributed by atoms with Crippen molar-refractivity contribution in [3.8, 4) is 11.5 Å². The SMILES string of the molecule is COc1cccc(N2C(=O)C(=O)/C(=C(/O)c3cccc(OC(C)C)c3)C2c2cccc(C)c2)c1. The zero-order chi connectivity index (χ0) is 24.4. The van der Waals surface area contributed by atoms with E-state index in [4.69, 9.17) is 9.47 Å². The van der Waals surface area contributed by atoms with E-state index in [0.717, 1.165) is 11.1 Å². The summed E-state index contributed by atoms with van der Waals surface area (Å²) >= 11 is 0. The van der Waals surface area contributed by atoms with Crippen LogP contribution in [0, 0.1) is 6.92 Å². The molecule has 174 valence electrons. The number of benzene rings is 3. The third-order valence-electron chi connectivity index (χ3n) is 5.61. The first-order chi connectivity index (χ1) is 16.3. The molecule has 6 heteroatoms. The summed E-state index contributed by atoms with van der Waals surface area (Å²) in [4.78, 5) is 28.0. The normalized spacial score (nSPS) is 17.3. The lowest BCUT2D eigenvalue weighted by Gasteiger charge is -2.26. The second-order valence-electron chi connectivity index (χ2n) is 8.48. The molecule has 1 aliphatic heterocycles. The fourth-order valence-corrected chi connectivity index (χ4v) is 4.16. The fourth-order valence-electron chi connectivity index (χ4n) is 4.16. The molecule has 0 bridgehead atoms. The minimum absolute atomic E-state index is 0.0279. The third-order valence-corrected chi connectivity index (χ3v) is 5.61. The van der Waals surface area contributed by atoms with Crippen LogP contribution in [-0.4, -0.2) is 30.0 Å². The molecule has 4 rings (SSSR count). The Kier molecular flexibility index (Phi) is 6.41.